The number of hydrogen-bond donors (Lipinski definition) is 1. The SMILES string of the molecule is CCCCOC(=O)c1ccc(NS(=O)(=O)c2cc(OC)ccc2OC)cc1. The summed E-state index contributed by atoms with van der Waals surface area (Å²) in [7, 11) is -1.07. The second-order valence-electron chi connectivity index (χ2n) is 5.69. The van der Waals surface area contributed by atoms with Crippen LogP contribution < -0.4 is 14.2 Å². The molecule has 0 unspecified atom stereocenters. The lowest BCUT2D eigenvalue weighted by atomic mass is 10.2. The van der Waals surface area contributed by atoms with Gasteiger partial charge in [-0.15, -0.1) is 0 Å². The number of esters is 1. The minimum atomic E-state index is -3.91. The van der Waals surface area contributed by atoms with Crippen molar-refractivity contribution in [3.8, 4) is 11.5 Å². The molecular formula is C19H23NO6S. The normalized spacial score (nSPS) is 10.9. The van der Waals surface area contributed by atoms with Gasteiger partial charge < -0.3 is 14.2 Å². The third-order valence-corrected chi connectivity index (χ3v) is 5.17. The van der Waals surface area contributed by atoms with Crippen molar-refractivity contribution in [1.82, 2.24) is 0 Å². The number of anilines is 1. The Balaban J connectivity index is 2.17. The summed E-state index contributed by atoms with van der Waals surface area (Å²) >= 11 is 0. The summed E-state index contributed by atoms with van der Waals surface area (Å²) in [5.41, 5.74) is 0.665. The molecule has 0 saturated heterocycles. The summed E-state index contributed by atoms with van der Waals surface area (Å²) in [4.78, 5) is 11.9. The minimum Gasteiger partial charge on any atom is -0.497 e. The fourth-order valence-electron chi connectivity index (χ4n) is 2.27. The second kappa shape index (κ2) is 9.27. The Labute approximate surface area is 159 Å². The molecule has 0 amide bonds. The molecule has 8 heteroatoms. The summed E-state index contributed by atoms with van der Waals surface area (Å²) in [5, 5.41) is 0. The number of carbonyl (C=O) groups excluding carboxylic acids is 1. The van der Waals surface area contributed by atoms with Crippen LogP contribution in [0.5, 0.6) is 11.5 Å². The Hall–Kier alpha value is -2.74. The van der Waals surface area contributed by atoms with Crippen LogP contribution in [0.4, 0.5) is 5.69 Å². The van der Waals surface area contributed by atoms with Crippen LogP contribution in [0.15, 0.2) is 47.4 Å². The first-order chi connectivity index (χ1) is 12.9. The maximum atomic E-state index is 12.7. The molecule has 1 N–H and O–H groups in total. The molecule has 2 aromatic carbocycles. The monoisotopic (exact) mass is 393 g/mol. The zero-order chi connectivity index (χ0) is 19.9. The molecule has 0 aliphatic carbocycles. The van der Waals surface area contributed by atoms with Gasteiger partial charge in [-0.2, -0.15) is 0 Å². The smallest absolute Gasteiger partial charge is 0.338 e. The van der Waals surface area contributed by atoms with E-state index in [0.29, 0.717) is 23.6 Å². The Morgan fingerprint density at radius 3 is 2.33 bits per heavy atom. The van der Waals surface area contributed by atoms with Gasteiger partial charge in [0.05, 0.1) is 26.4 Å². The zero-order valence-electron chi connectivity index (χ0n) is 15.5. The van der Waals surface area contributed by atoms with E-state index in [9.17, 15) is 13.2 Å². The molecule has 2 aromatic rings. The van der Waals surface area contributed by atoms with Crippen LogP contribution in [0.2, 0.25) is 0 Å². The van der Waals surface area contributed by atoms with Crippen LogP contribution >= 0.6 is 0 Å². The largest absolute Gasteiger partial charge is 0.497 e. The zero-order valence-corrected chi connectivity index (χ0v) is 16.3. The highest BCUT2D eigenvalue weighted by Gasteiger charge is 2.21. The average molecular weight is 393 g/mol. The van der Waals surface area contributed by atoms with E-state index >= 15 is 0 Å². The minimum absolute atomic E-state index is 0.0487. The highest BCUT2D eigenvalue weighted by Crippen LogP contribution is 2.29. The molecule has 7 nitrogen and oxygen atoms in total. The molecule has 0 bridgehead atoms. The van der Waals surface area contributed by atoms with E-state index in [4.69, 9.17) is 14.2 Å². The van der Waals surface area contributed by atoms with E-state index in [-0.39, 0.29) is 10.6 Å². The van der Waals surface area contributed by atoms with Crippen molar-refractivity contribution in [3.05, 3.63) is 48.0 Å². The van der Waals surface area contributed by atoms with E-state index in [1.54, 1.807) is 6.07 Å². The molecule has 0 aliphatic heterocycles. The lowest BCUT2D eigenvalue weighted by molar-refractivity contribution is 0.0500. The topological polar surface area (TPSA) is 90.9 Å². The van der Waals surface area contributed by atoms with Gasteiger partial charge in [0.15, 0.2) is 0 Å². The highest BCUT2D eigenvalue weighted by atomic mass is 32.2. The first-order valence-corrected chi connectivity index (χ1v) is 9.91. The van der Waals surface area contributed by atoms with E-state index < -0.39 is 16.0 Å². The van der Waals surface area contributed by atoms with Crippen molar-refractivity contribution < 1.29 is 27.4 Å². The number of carbonyl (C=O) groups is 1. The Kier molecular flexibility index (Phi) is 7.06. The summed E-state index contributed by atoms with van der Waals surface area (Å²) < 4.78 is 43.2. The van der Waals surface area contributed by atoms with Crippen molar-refractivity contribution in [3.63, 3.8) is 0 Å². The number of hydrogen-bond acceptors (Lipinski definition) is 6. The maximum absolute atomic E-state index is 12.7. The maximum Gasteiger partial charge on any atom is 0.338 e. The van der Waals surface area contributed by atoms with Gasteiger partial charge in [0.1, 0.15) is 16.4 Å². The fraction of sp³-hybridized carbons (Fsp3) is 0.316. The van der Waals surface area contributed by atoms with E-state index in [0.717, 1.165) is 12.8 Å². The molecule has 2 rings (SSSR count). The van der Waals surface area contributed by atoms with Crippen molar-refractivity contribution in [2.24, 2.45) is 0 Å². The van der Waals surface area contributed by atoms with E-state index in [1.165, 1.54) is 50.6 Å². The van der Waals surface area contributed by atoms with Gasteiger partial charge in [0.25, 0.3) is 10.0 Å². The number of rotatable bonds is 9. The molecule has 0 aliphatic rings. The summed E-state index contributed by atoms with van der Waals surface area (Å²) in [5.74, 6) is 0.146. The van der Waals surface area contributed by atoms with Crippen molar-refractivity contribution in [1.29, 1.82) is 0 Å². The number of methoxy groups -OCH3 is 2. The second-order valence-corrected chi connectivity index (χ2v) is 7.34. The molecule has 0 aromatic heterocycles. The fourth-order valence-corrected chi connectivity index (χ4v) is 3.51. The third kappa shape index (κ3) is 5.37. The third-order valence-electron chi connectivity index (χ3n) is 3.76. The quantitative estimate of drug-likeness (QED) is 0.518. The molecule has 146 valence electrons. The Morgan fingerprint density at radius 2 is 1.74 bits per heavy atom. The molecule has 0 radical (unpaired) electrons. The van der Waals surface area contributed by atoms with Gasteiger partial charge in [-0.1, -0.05) is 13.3 Å². The van der Waals surface area contributed by atoms with Crippen molar-refractivity contribution in [2.75, 3.05) is 25.5 Å². The first-order valence-electron chi connectivity index (χ1n) is 8.43. The molecular weight excluding hydrogens is 370 g/mol. The molecule has 0 spiro atoms. The number of nitrogens with one attached hydrogen (secondary N) is 1. The van der Waals surface area contributed by atoms with Gasteiger partial charge in [0, 0.05) is 11.8 Å². The van der Waals surface area contributed by atoms with Crippen LogP contribution in [-0.4, -0.2) is 35.2 Å². The van der Waals surface area contributed by atoms with Crippen molar-refractivity contribution >= 4 is 21.7 Å². The molecule has 0 fully saturated rings. The van der Waals surface area contributed by atoms with E-state index in [1.807, 2.05) is 6.92 Å². The summed E-state index contributed by atoms with van der Waals surface area (Å²) in [6, 6.07) is 10.5. The molecule has 27 heavy (non-hydrogen) atoms. The Morgan fingerprint density at radius 1 is 1.04 bits per heavy atom. The number of unbranched alkanes of at least 4 members (excludes halogenated alkanes) is 1. The van der Waals surface area contributed by atoms with Gasteiger partial charge in [-0.25, -0.2) is 13.2 Å². The highest BCUT2D eigenvalue weighted by molar-refractivity contribution is 7.92. The standard InChI is InChI=1S/C19H23NO6S/c1-4-5-12-26-19(21)14-6-8-15(9-7-14)20-27(22,23)18-13-16(24-2)10-11-17(18)25-3/h6-11,13,20H,4-5,12H2,1-3H3. The van der Waals surface area contributed by atoms with Crippen LogP contribution in [0, 0.1) is 0 Å². The van der Waals surface area contributed by atoms with Gasteiger partial charge >= 0.3 is 5.97 Å². The van der Waals surface area contributed by atoms with Gasteiger partial charge in [0.2, 0.25) is 0 Å². The lowest BCUT2D eigenvalue weighted by Gasteiger charge is -2.13. The first kappa shape index (κ1) is 20.6. The molecule has 0 saturated carbocycles. The Bertz CT molecular complexity index is 878. The lowest BCUT2D eigenvalue weighted by Crippen LogP contribution is -2.14. The van der Waals surface area contributed by atoms with Crippen LogP contribution in [-0.2, 0) is 14.8 Å². The number of ether oxygens (including phenoxy) is 3. The average Bonchev–Trinajstić information content (AvgIpc) is 2.67. The number of benzene rings is 2. The van der Waals surface area contributed by atoms with Crippen LogP contribution in [0.3, 0.4) is 0 Å². The molecule has 0 atom stereocenters. The molecule has 0 heterocycles. The predicted molar refractivity (Wildman–Crippen MR) is 102 cm³/mol. The van der Waals surface area contributed by atoms with Crippen LogP contribution in [0.1, 0.15) is 30.1 Å². The number of sulfonamides is 1. The van der Waals surface area contributed by atoms with Crippen LogP contribution in [0.25, 0.3) is 0 Å². The van der Waals surface area contributed by atoms with Gasteiger partial charge in [-0.3, -0.25) is 4.72 Å². The van der Waals surface area contributed by atoms with E-state index in [2.05, 4.69) is 4.72 Å². The summed E-state index contributed by atoms with van der Waals surface area (Å²) in [6.07, 6.45) is 1.73. The van der Waals surface area contributed by atoms with Gasteiger partial charge in [-0.05, 0) is 42.8 Å². The summed E-state index contributed by atoms with van der Waals surface area (Å²) in [6.45, 7) is 2.37. The van der Waals surface area contributed by atoms with Crippen molar-refractivity contribution in [2.45, 2.75) is 24.7 Å². The predicted octanol–water partition coefficient (Wildman–Crippen LogP) is 3.46.